The molecule has 1 heterocycles. The molecule has 0 unspecified atom stereocenters. The maximum absolute atomic E-state index is 11.3. The molecule has 0 saturated carbocycles. The van der Waals surface area contributed by atoms with Gasteiger partial charge in [-0.05, 0) is 32.4 Å². The van der Waals surface area contributed by atoms with Gasteiger partial charge in [0.2, 0.25) is 0 Å². The van der Waals surface area contributed by atoms with Crippen molar-refractivity contribution in [1.82, 2.24) is 10.3 Å². The summed E-state index contributed by atoms with van der Waals surface area (Å²) < 4.78 is 0. The van der Waals surface area contributed by atoms with Crippen LogP contribution in [0.2, 0.25) is 0 Å². The van der Waals surface area contributed by atoms with Gasteiger partial charge in [-0.15, -0.1) is 0 Å². The molecule has 1 amide bonds. The largest absolute Gasteiger partial charge is 0.293 e. The fourth-order valence-corrected chi connectivity index (χ4v) is 1.76. The predicted octanol–water partition coefficient (Wildman–Crippen LogP) is -0.149. The molecule has 70 valence electrons. The number of hydrogen-bond donors (Lipinski definition) is 2. The lowest BCUT2D eigenvalue weighted by Gasteiger charge is -2.24. The summed E-state index contributed by atoms with van der Waals surface area (Å²) in [7, 11) is 0. The van der Waals surface area contributed by atoms with Crippen LogP contribution in [0.3, 0.4) is 0 Å². The van der Waals surface area contributed by atoms with Crippen molar-refractivity contribution in [3.8, 4) is 0 Å². The Morgan fingerprint density at radius 1 is 1.58 bits per heavy atom. The molecule has 0 aromatic rings. The molecule has 1 atom stereocenters. The van der Waals surface area contributed by atoms with Gasteiger partial charge in [0.1, 0.15) is 0 Å². The molecule has 0 aliphatic carbocycles. The lowest BCUT2D eigenvalue weighted by Crippen LogP contribution is -2.47. The number of nitrogens with two attached hydrogens (primary N) is 1. The Kier molecular flexibility index (Phi) is 3.49. The van der Waals surface area contributed by atoms with Crippen LogP contribution in [0.5, 0.6) is 0 Å². The lowest BCUT2D eigenvalue weighted by atomic mass is 10.2. The molecule has 0 spiro atoms. The van der Waals surface area contributed by atoms with E-state index < -0.39 is 0 Å². The zero-order chi connectivity index (χ0) is 8.97. The van der Waals surface area contributed by atoms with Crippen LogP contribution in [0.15, 0.2) is 0 Å². The van der Waals surface area contributed by atoms with Crippen LogP contribution in [0.1, 0.15) is 26.2 Å². The highest BCUT2D eigenvalue weighted by atomic mass is 16.2. The van der Waals surface area contributed by atoms with Crippen LogP contribution in [-0.4, -0.2) is 29.9 Å². The van der Waals surface area contributed by atoms with Crippen molar-refractivity contribution < 1.29 is 4.79 Å². The molecule has 4 heteroatoms. The van der Waals surface area contributed by atoms with Gasteiger partial charge in [0.05, 0.1) is 6.04 Å². The van der Waals surface area contributed by atoms with Crippen molar-refractivity contribution in [2.75, 3.05) is 13.1 Å². The van der Waals surface area contributed by atoms with Crippen molar-refractivity contribution >= 4 is 5.91 Å². The number of likely N-dealkylation sites (tertiary alicyclic amines) is 1. The Balaban J connectivity index is 2.48. The smallest absolute Gasteiger partial charge is 0.251 e. The normalized spacial score (nSPS) is 20.8. The maximum Gasteiger partial charge on any atom is 0.251 e. The third kappa shape index (κ3) is 1.95. The molecule has 4 nitrogen and oxygen atoms in total. The quantitative estimate of drug-likeness (QED) is 0.353. The van der Waals surface area contributed by atoms with E-state index in [1.54, 1.807) is 0 Å². The van der Waals surface area contributed by atoms with Crippen molar-refractivity contribution in [2.24, 2.45) is 5.84 Å². The molecular formula is C8H17N3O. The second-order valence-electron chi connectivity index (χ2n) is 3.18. The molecule has 12 heavy (non-hydrogen) atoms. The number of rotatable bonds is 3. The van der Waals surface area contributed by atoms with E-state index in [-0.39, 0.29) is 11.9 Å². The van der Waals surface area contributed by atoms with Crippen LogP contribution in [-0.2, 0) is 4.79 Å². The first-order valence-corrected chi connectivity index (χ1v) is 4.54. The van der Waals surface area contributed by atoms with Gasteiger partial charge >= 0.3 is 0 Å². The summed E-state index contributed by atoms with van der Waals surface area (Å²) >= 11 is 0. The highest BCUT2D eigenvalue weighted by Crippen LogP contribution is 2.13. The first-order chi connectivity index (χ1) is 5.79. The summed E-state index contributed by atoms with van der Waals surface area (Å²) in [4.78, 5) is 13.4. The SMILES string of the molecule is CC[C@@H](C(=O)NN)N1CCCC1. The Bertz CT molecular complexity index is 154. The number of nitrogens with zero attached hydrogens (tertiary/aromatic N) is 1. The highest BCUT2D eigenvalue weighted by Gasteiger charge is 2.25. The van der Waals surface area contributed by atoms with Crippen LogP contribution in [0.25, 0.3) is 0 Å². The van der Waals surface area contributed by atoms with E-state index in [1.165, 1.54) is 12.8 Å². The summed E-state index contributed by atoms with van der Waals surface area (Å²) in [6, 6.07) is -0.0162. The average molecular weight is 171 g/mol. The highest BCUT2D eigenvalue weighted by molar-refractivity contribution is 5.81. The van der Waals surface area contributed by atoms with Crippen molar-refractivity contribution in [3.05, 3.63) is 0 Å². The van der Waals surface area contributed by atoms with Gasteiger partial charge in [-0.2, -0.15) is 0 Å². The summed E-state index contributed by atoms with van der Waals surface area (Å²) in [5.74, 6) is 5.03. The lowest BCUT2D eigenvalue weighted by molar-refractivity contribution is -0.126. The van der Waals surface area contributed by atoms with E-state index in [0.717, 1.165) is 19.5 Å². The van der Waals surface area contributed by atoms with Gasteiger partial charge in [0.25, 0.3) is 5.91 Å². The van der Waals surface area contributed by atoms with Crippen molar-refractivity contribution in [2.45, 2.75) is 32.2 Å². The molecular weight excluding hydrogens is 154 g/mol. The van der Waals surface area contributed by atoms with Gasteiger partial charge in [-0.1, -0.05) is 6.92 Å². The predicted molar refractivity (Wildman–Crippen MR) is 47.2 cm³/mol. The van der Waals surface area contributed by atoms with E-state index in [4.69, 9.17) is 5.84 Å². The third-order valence-electron chi connectivity index (χ3n) is 2.41. The van der Waals surface area contributed by atoms with E-state index in [0.29, 0.717) is 0 Å². The summed E-state index contributed by atoms with van der Waals surface area (Å²) in [5.41, 5.74) is 2.21. The third-order valence-corrected chi connectivity index (χ3v) is 2.41. The van der Waals surface area contributed by atoms with Crippen LogP contribution in [0.4, 0.5) is 0 Å². The summed E-state index contributed by atoms with van der Waals surface area (Å²) in [6.07, 6.45) is 3.24. The number of carbonyl (C=O) groups is 1. The van der Waals surface area contributed by atoms with Gasteiger partial charge in [0.15, 0.2) is 0 Å². The molecule has 1 aliphatic heterocycles. The standard InChI is InChI=1S/C8H17N3O/c1-2-7(8(12)10-9)11-5-3-4-6-11/h7H,2-6,9H2,1H3,(H,10,12)/t7-/m0/s1. The number of hydrogen-bond acceptors (Lipinski definition) is 3. The zero-order valence-corrected chi connectivity index (χ0v) is 7.55. The molecule has 0 radical (unpaired) electrons. The van der Waals surface area contributed by atoms with E-state index >= 15 is 0 Å². The van der Waals surface area contributed by atoms with Gasteiger partial charge in [-0.3, -0.25) is 15.1 Å². The Labute approximate surface area is 73.1 Å². The van der Waals surface area contributed by atoms with Crippen molar-refractivity contribution in [3.63, 3.8) is 0 Å². The second-order valence-corrected chi connectivity index (χ2v) is 3.18. The fourth-order valence-electron chi connectivity index (χ4n) is 1.76. The van der Waals surface area contributed by atoms with Crippen LogP contribution < -0.4 is 11.3 Å². The Morgan fingerprint density at radius 2 is 2.17 bits per heavy atom. The molecule has 1 aliphatic rings. The number of nitrogens with one attached hydrogen (secondary N) is 1. The monoisotopic (exact) mass is 171 g/mol. The minimum atomic E-state index is -0.0561. The first-order valence-electron chi connectivity index (χ1n) is 4.54. The molecule has 0 aromatic carbocycles. The molecule has 1 fully saturated rings. The minimum absolute atomic E-state index is 0.0162. The Morgan fingerprint density at radius 3 is 2.58 bits per heavy atom. The molecule has 0 aromatic heterocycles. The van der Waals surface area contributed by atoms with E-state index in [1.807, 2.05) is 6.92 Å². The van der Waals surface area contributed by atoms with Crippen LogP contribution >= 0.6 is 0 Å². The van der Waals surface area contributed by atoms with Gasteiger partial charge in [0, 0.05) is 0 Å². The maximum atomic E-state index is 11.3. The Hall–Kier alpha value is -0.610. The number of carbonyl (C=O) groups excluding carboxylic acids is 1. The summed E-state index contributed by atoms with van der Waals surface area (Å²) in [6.45, 7) is 4.08. The van der Waals surface area contributed by atoms with Crippen molar-refractivity contribution in [1.29, 1.82) is 0 Å². The molecule has 0 bridgehead atoms. The topological polar surface area (TPSA) is 58.4 Å². The molecule has 1 rings (SSSR count). The zero-order valence-electron chi connectivity index (χ0n) is 7.55. The number of hydrazine groups is 1. The van der Waals surface area contributed by atoms with Gasteiger partial charge < -0.3 is 0 Å². The summed E-state index contributed by atoms with van der Waals surface area (Å²) in [5, 5.41) is 0. The first kappa shape index (κ1) is 9.48. The van der Waals surface area contributed by atoms with E-state index in [9.17, 15) is 4.79 Å². The molecule has 3 N–H and O–H groups in total. The minimum Gasteiger partial charge on any atom is -0.293 e. The average Bonchev–Trinajstić information content (AvgIpc) is 2.58. The molecule has 1 saturated heterocycles. The van der Waals surface area contributed by atoms with Crippen LogP contribution in [0, 0.1) is 0 Å². The number of amides is 1. The van der Waals surface area contributed by atoms with Gasteiger partial charge in [-0.25, -0.2) is 5.84 Å². The fraction of sp³-hybridized carbons (Fsp3) is 0.875. The second kappa shape index (κ2) is 4.42. The van der Waals surface area contributed by atoms with E-state index in [2.05, 4.69) is 10.3 Å².